The van der Waals surface area contributed by atoms with Crippen LogP contribution in [0.2, 0.25) is 0 Å². The van der Waals surface area contributed by atoms with E-state index in [1.54, 1.807) is 0 Å². The third kappa shape index (κ3) is 3.62. The van der Waals surface area contributed by atoms with Gasteiger partial charge in [-0.2, -0.15) is 13.2 Å². The molecule has 1 aromatic carbocycles. The summed E-state index contributed by atoms with van der Waals surface area (Å²) in [6.45, 7) is 1.22. The number of rotatable bonds is 3. The van der Waals surface area contributed by atoms with Crippen LogP contribution in [-0.4, -0.2) is 51.6 Å². The molecule has 3 N–H and O–H groups in total. The lowest BCUT2D eigenvalue weighted by atomic mass is 10.2. The summed E-state index contributed by atoms with van der Waals surface area (Å²) >= 11 is 0. The maximum atomic E-state index is 12.6. The number of carbonyl (C=O) groups excluding carboxylic acids is 1. The molecule has 1 saturated heterocycles. The number of fused-ring (bicyclic) bond motifs is 1. The lowest BCUT2D eigenvalue weighted by molar-refractivity contribution is -0.144. The quantitative estimate of drug-likeness (QED) is 0.799. The molecule has 3 rings (SSSR count). The zero-order chi connectivity index (χ0) is 16.6. The van der Waals surface area contributed by atoms with Crippen LogP contribution in [0.1, 0.15) is 12.2 Å². The third-order valence-corrected chi connectivity index (χ3v) is 3.65. The van der Waals surface area contributed by atoms with Crippen LogP contribution in [0.5, 0.6) is 0 Å². The number of β-amino-alcohol motifs (C(OH)–C–C–N with tert-alkyl or cyclic N) is 1. The number of benzene rings is 1. The van der Waals surface area contributed by atoms with Crippen LogP contribution in [0, 0.1) is 0 Å². The van der Waals surface area contributed by atoms with Crippen LogP contribution in [0.15, 0.2) is 18.2 Å². The lowest BCUT2D eigenvalue weighted by Gasteiger charge is -2.14. The van der Waals surface area contributed by atoms with E-state index in [9.17, 15) is 23.1 Å². The number of aromatic nitrogens is 2. The Morgan fingerprint density at radius 2 is 2.26 bits per heavy atom. The van der Waals surface area contributed by atoms with Gasteiger partial charge < -0.3 is 15.4 Å². The van der Waals surface area contributed by atoms with Gasteiger partial charge in [0, 0.05) is 18.8 Å². The molecule has 0 unspecified atom stereocenters. The molecular weight excluding hydrogens is 313 g/mol. The Balaban J connectivity index is 1.69. The van der Waals surface area contributed by atoms with Crippen molar-refractivity contribution in [3.8, 4) is 0 Å². The molecule has 23 heavy (non-hydrogen) atoms. The number of halogens is 3. The predicted molar refractivity (Wildman–Crippen MR) is 76.8 cm³/mol. The van der Waals surface area contributed by atoms with E-state index in [-0.39, 0.29) is 23.5 Å². The summed E-state index contributed by atoms with van der Waals surface area (Å²) in [6.07, 6.45) is -4.32. The van der Waals surface area contributed by atoms with Crippen molar-refractivity contribution >= 4 is 22.6 Å². The normalized spacial score (nSPS) is 19.4. The number of carbonyl (C=O) groups is 1. The summed E-state index contributed by atoms with van der Waals surface area (Å²) in [5, 5.41) is 12.0. The highest BCUT2D eigenvalue weighted by Crippen LogP contribution is 2.29. The number of hydrogen-bond acceptors (Lipinski definition) is 4. The van der Waals surface area contributed by atoms with Crippen molar-refractivity contribution in [1.29, 1.82) is 0 Å². The number of amides is 1. The van der Waals surface area contributed by atoms with E-state index in [0.29, 0.717) is 25.2 Å². The summed E-state index contributed by atoms with van der Waals surface area (Å²) in [4.78, 5) is 19.4. The molecule has 9 heteroatoms. The van der Waals surface area contributed by atoms with Crippen molar-refractivity contribution in [3.63, 3.8) is 0 Å². The van der Waals surface area contributed by atoms with Crippen molar-refractivity contribution in [2.75, 3.05) is 25.0 Å². The number of aliphatic hydroxyl groups is 1. The van der Waals surface area contributed by atoms with Gasteiger partial charge in [-0.3, -0.25) is 9.69 Å². The molecule has 0 spiro atoms. The molecule has 6 nitrogen and oxygen atoms in total. The SMILES string of the molecule is O=C(CN1CC[C@H](O)C1)Nc1ccc2nc(C(F)(F)F)[nH]c2c1. The Bertz CT molecular complexity index is 728. The van der Waals surface area contributed by atoms with Gasteiger partial charge in [0.2, 0.25) is 11.7 Å². The molecule has 0 saturated carbocycles. The molecule has 0 radical (unpaired) electrons. The largest absolute Gasteiger partial charge is 0.449 e. The van der Waals surface area contributed by atoms with Crippen molar-refractivity contribution in [3.05, 3.63) is 24.0 Å². The fourth-order valence-corrected chi connectivity index (χ4v) is 2.58. The van der Waals surface area contributed by atoms with Crippen molar-refractivity contribution < 1.29 is 23.1 Å². The third-order valence-electron chi connectivity index (χ3n) is 3.65. The number of likely N-dealkylation sites (tertiary alicyclic amines) is 1. The van der Waals surface area contributed by atoms with Gasteiger partial charge in [0.1, 0.15) is 0 Å². The van der Waals surface area contributed by atoms with Crippen LogP contribution in [0.3, 0.4) is 0 Å². The molecule has 1 aromatic heterocycles. The van der Waals surface area contributed by atoms with Gasteiger partial charge in [-0.05, 0) is 24.6 Å². The smallest absolute Gasteiger partial charge is 0.392 e. The highest BCUT2D eigenvalue weighted by atomic mass is 19.4. The number of nitrogens with one attached hydrogen (secondary N) is 2. The van der Waals surface area contributed by atoms with E-state index >= 15 is 0 Å². The molecule has 0 aliphatic carbocycles. The minimum absolute atomic E-state index is 0.131. The Morgan fingerprint density at radius 3 is 2.91 bits per heavy atom. The molecule has 2 aromatic rings. The first-order chi connectivity index (χ1) is 10.8. The molecule has 0 bridgehead atoms. The molecule has 1 aliphatic heterocycles. The van der Waals surface area contributed by atoms with E-state index in [4.69, 9.17) is 0 Å². The zero-order valence-corrected chi connectivity index (χ0v) is 12.0. The number of anilines is 1. The minimum Gasteiger partial charge on any atom is -0.392 e. The Kier molecular flexibility index (Phi) is 3.99. The van der Waals surface area contributed by atoms with Gasteiger partial charge in [-0.15, -0.1) is 0 Å². The first-order valence-corrected chi connectivity index (χ1v) is 7.08. The second-order valence-electron chi connectivity index (χ2n) is 5.54. The van der Waals surface area contributed by atoms with Crippen LogP contribution in [0.25, 0.3) is 11.0 Å². The van der Waals surface area contributed by atoms with Crippen molar-refractivity contribution in [1.82, 2.24) is 14.9 Å². The average Bonchev–Trinajstić information content (AvgIpc) is 3.04. The van der Waals surface area contributed by atoms with Gasteiger partial charge in [-0.25, -0.2) is 4.98 Å². The Hall–Kier alpha value is -2.13. The van der Waals surface area contributed by atoms with Crippen LogP contribution in [0.4, 0.5) is 18.9 Å². The lowest BCUT2D eigenvalue weighted by Crippen LogP contribution is -2.32. The van der Waals surface area contributed by atoms with Crippen molar-refractivity contribution in [2.45, 2.75) is 18.7 Å². The standard InChI is InChI=1S/C14H15F3N4O2/c15-14(16,17)13-19-10-2-1-8(5-11(10)20-13)18-12(23)7-21-4-3-9(22)6-21/h1-2,5,9,22H,3-4,6-7H2,(H,18,23)(H,19,20)/t9-/m0/s1. The van der Waals surface area contributed by atoms with E-state index in [2.05, 4.69) is 15.3 Å². The maximum Gasteiger partial charge on any atom is 0.449 e. The number of aliphatic hydroxyl groups excluding tert-OH is 1. The second kappa shape index (κ2) is 5.82. The molecule has 1 fully saturated rings. The minimum atomic E-state index is -4.54. The van der Waals surface area contributed by atoms with Crippen LogP contribution >= 0.6 is 0 Å². The molecule has 1 aliphatic rings. The van der Waals surface area contributed by atoms with E-state index in [1.165, 1.54) is 18.2 Å². The number of imidazole rings is 1. The summed E-state index contributed by atoms with van der Waals surface area (Å²) < 4.78 is 37.8. The molecule has 1 atom stereocenters. The zero-order valence-electron chi connectivity index (χ0n) is 12.0. The highest BCUT2D eigenvalue weighted by molar-refractivity contribution is 5.94. The summed E-state index contributed by atoms with van der Waals surface area (Å²) in [6, 6.07) is 4.32. The first-order valence-electron chi connectivity index (χ1n) is 7.08. The van der Waals surface area contributed by atoms with Crippen LogP contribution in [-0.2, 0) is 11.0 Å². The summed E-state index contributed by atoms with van der Waals surface area (Å²) in [7, 11) is 0. The molecule has 2 heterocycles. The van der Waals surface area contributed by atoms with Crippen molar-refractivity contribution in [2.24, 2.45) is 0 Å². The van der Waals surface area contributed by atoms with Gasteiger partial charge in [0.25, 0.3) is 0 Å². The number of alkyl halides is 3. The van der Waals surface area contributed by atoms with E-state index in [1.807, 2.05) is 4.90 Å². The van der Waals surface area contributed by atoms with Gasteiger partial charge >= 0.3 is 6.18 Å². The maximum absolute atomic E-state index is 12.6. The second-order valence-corrected chi connectivity index (χ2v) is 5.54. The topological polar surface area (TPSA) is 81.2 Å². The van der Waals surface area contributed by atoms with Gasteiger partial charge in [-0.1, -0.05) is 0 Å². The molecule has 1 amide bonds. The monoisotopic (exact) mass is 328 g/mol. The van der Waals surface area contributed by atoms with Gasteiger partial charge in [0.15, 0.2) is 0 Å². The average molecular weight is 328 g/mol. The molecule has 124 valence electrons. The number of aromatic amines is 1. The number of nitrogens with zero attached hydrogens (tertiary/aromatic N) is 2. The first kappa shape index (κ1) is 15.8. The van der Waals surface area contributed by atoms with Crippen LogP contribution < -0.4 is 5.32 Å². The molecular formula is C14H15F3N4O2. The fraction of sp³-hybridized carbons (Fsp3) is 0.429. The number of hydrogen-bond donors (Lipinski definition) is 3. The van der Waals surface area contributed by atoms with E-state index < -0.39 is 18.1 Å². The predicted octanol–water partition coefficient (Wildman–Crippen LogP) is 1.59. The van der Waals surface area contributed by atoms with Gasteiger partial charge in [0.05, 0.1) is 23.7 Å². The highest BCUT2D eigenvalue weighted by Gasteiger charge is 2.34. The summed E-state index contributed by atoms with van der Waals surface area (Å²) in [5.74, 6) is -1.35. The van der Waals surface area contributed by atoms with E-state index in [0.717, 1.165) is 0 Å². The fourth-order valence-electron chi connectivity index (χ4n) is 2.58. The Morgan fingerprint density at radius 1 is 1.48 bits per heavy atom. The number of H-pyrrole nitrogens is 1. The Labute approximate surface area is 129 Å². The summed E-state index contributed by atoms with van der Waals surface area (Å²) in [5.41, 5.74) is 0.768.